The molecular weight excluding hydrogens is 394 g/mol. The Morgan fingerprint density at radius 2 is 1.77 bits per heavy atom. The summed E-state index contributed by atoms with van der Waals surface area (Å²) in [6, 6.07) is 14.4. The SMILES string of the molecule is CCc1ccc([C@@H]2Nn3c(CC)nnc3S[C@@H]2C(=O)Nc2cc(C)cc(C)c2)cc1. The highest BCUT2D eigenvalue weighted by molar-refractivity contribution is 8.00. The lowest BCUT2D eigenvalue weighted by Crippen LogP contribution is -2.41. The van der Waals surface area contributed by atoms with E-state index in [9.17, 15) is 4.79 Å². The third-order valence-electron chi connectivity index (χ3n) is 5.31. The minimum Gasteiger partial charge on any atom is -0.325 e. The number of fused-ring (bicyclic) bond motifs is 1. The van der Waals surface area contributed by atoms with Crippen LogP contribution in [0.1, 0.15) is 48.0 Å². The van der Waals surface area contributed by atoms with E-state index in [-0.39, 0.29) is 17.2 Å². The molecule has 1 aliphatic heterocycles. The zero-order valence-electron chi connectivity index (χ0n) is 17.8. The molecule has 0 radical (unpaired) electrons. The van der Waals surface area contributed by atoms with Gasteiger partial charge in [-0.25, -0.2) is 4.68 Å². The Labute approximate surface area is 181 Å². The van der Waals surface area contributed by atoms with Crippen LogP contribution in [0.15, 0.2) is 47.6 Å². The normalized spacial score (nSPS) is 17.9. The minimum absolute atomic E-state index is 0.0469. The minimum atomic E-state index is -0.375. The quantitative estimate of drug-likeness (QED) is 0.638. The molecule has 0 fully saturated rings. The van der Waals surface area contributed by atoms with E-state index in [0.717, 1.165) is 41.0 Å². The smallest absolute Gasteiger partial charge is 0.240 e. The van der Waals surface area contributed by atoms with Gasteiger partial charge in [0.2, 0.25) is 11.1 Å². The van der Waals surface area contributed by atoms with Gasteiger partial charge in [0.05, 0.1) is 6.04 Å². The van der Waals surface area contributed by atoms with Crippen molar-refractivity contribution in [2.45, 2.75) is 57.0 Å². The van der Waals surface area contributed by atoms with Crippen LogP contribution < -0.4 is 10.7 Å². The van der Waals surface area contributed by atoms with Gasteiger partial charge in [-0.3, -0.25) is 4.79 Å². The Morgan fingerprint density at radius 1 is 1.07 bits per heavy atom. The molecular formula is C23H27N5OS. The lowest BCUT2D eigenvalue weighted by molar-refractivity contribution is -0.116. The van der Waals surface area contributed by atoms with Crippen LogP contribution in [0.4, 0.5) is 5.69 Å². The topological polar surface area (TPSA) is 71.8 Å². The summed E-state index contributed by atoms with van der Waals surface area (Å²) >= 11 is 1.46. The Bertz CT molecular complexity index is 1040. The number of nitrogens with zero attached hydrogens (tertiary/aromatic N) is 3. The van der Waals surface area contributed by atoms with Gasteiger partial charge in [-0.2, -0.15) is 0 Å². The average molecular weight is 422 g/mol. The highest BCUT2D eigenvalue weighted by Gasteiger charge is 2.37. The Morgan fingerprint density at radius 3 is 2.40 bits per heavy atom. The molecule has 2 N–H and O–H groups in total. The highest BCUT2D eigenvalue weighted by atomic mass is 32.2. The van der Waals surface area contributed by atoms with Gasteiger partial charge in [0.15, 0.2) is 5.82 Å². The number of hydrogen-bond donors (Lipinski definition) is 2. The summed E-state index contributed by atoms with van der Waals surface area (Å²) in [6.07, 6.45) is 1.75. The zero-order valence-corrected chi connectivity index (χ0v) is 18.6. The van der Waals surface area contributed by atoms with Crippen LogP contribution in [0.2, 0.25) is 0 Å². The number of anilines is 1. The van der Waals surface area contributed by atoms with Crippen LogP contribution in [-0.4, -0.2) is 26.0 Å². The van der Waals surface area contributed by atoms with Crippen LogP contribution in [0, 0.1) is 13.8 Å². The van der Waals surface area contributed by atoms with Crippen molar-refractivity contribution in [3.63, 3.8) is 0 Å². The van der Waals surface area contributed by atoms with E-state index in [1.165, 1.54) is 17.3 Å². The standard InChI is InChI=1S/C23H27N5OS/c1-5-16-7-9-17(10-8-16)20-21(30-23-26-25-19(6-2)28(23)27-20)22(29)24-18-12-14(3)11-15(4)13-18/h7-13,20-21,27H,5-6H2,1-4H3,(H,24,29)/t20-,21-/m0/s1. The lowest BCUT2D eigenvalue weighted by atomic mass is 10.0. The molecule has 0 saturated carbocycles. The molecule has 7 heteroatoms. The molecule has 30 heavy (non-hydrogen) atoms. The van der Waals surface area contributed by atoms with Crippen LogP contribution >= 0.6 is 11.8 Å². The van der Waals surface area contributed by atoms with E-state index >= 15 is 0 Å². The molecule has 156 valence electrons. The van der Waals surface area contributed by atoms with Gasteiger partial charge in [0.1, 0.15) is 5.25 Å². The molecule has 2 aromatic carbocycles. The third-order valence-corrected chi connectivity index (χ3v) is 6.53. The van der Waals surface area contributed by atoms with E-state index in [1.807, 2.05) is 37.6 Å². The highest BCUT2D eigenvalue weighted by Crippen LogP contribution is 2.37. The molecule has 0 saturated heterocycles. The Kier molecular flexibility index (Phi) is 5.81. The maximum absolute atomic E-state index is 13.4. The molecule has 0 unspecified atom stereocenters. The summed E-state index contributed by atoms with van der Waals surface area (Å²) in [5, 5.41) is 12.0. The van der Waals surface area contributed by atoms with E-state index in [4.69, 9.17) is 0 Å². The summed E-state index contributed by atoms with van der Waals surface area (Å²) in [6.45, 7) is 8.26. The molecule has 0 bridgehead atoms. The van der Waals surface area contributed by atoms with Gasteiger partial charge < -0.3 is 10.7 Å². The van der Waals surface area contributed by atoms with Crippen molar-refractivity contribution in [1.82, 2.24) is 14.9 Å². The molecule has 3 aromatic rings. The number of aromatic nitrogens is 3. The molecule has 1 aromatic heterocycles. The van der Waals surface area contributed by atoms with Gasteiger partial charge >= 0.3 is 0 Å². The monoisotopic (exact) mass is 421 g/mol. The zero-order chi connectivity index (χ0) is 21.3. The second-order valence-corrected chi connectivity index (χ2v) is 8.80. The van der Waals surface area contributed by atoms with E-state index in [2.05, 4.69) is 58.2 Å². The van der Waals surface area contributed by atoms with E-state index in [0.29, 0.717) is 5.16 Å². The van der Waals surface area contributed by atoms with Crippen LogP contribution in [-0.2, 0) is 17.6 Å². The first-order chi connectivity index (χ1) is 14.5. The number of aryl methyl sites for hydroxylation is 4. The predicted octanol–water partition coefficient (Wildman–Crippen LogP) is 4.42. The number of carbonyl (C=O) groups excluding carboxylic acids is 1. The van der Waals surface area contributed by atoms with Crippen molar-refractivity contribution < 1.29 is 4.79 Å². The summed E-state index contributed by atoms with van der Waals surface area (Å²) in [7, 11) is 0. The summed E-state index contributed by atoms with van der Waals surface area (Å²) in [5.41, 5.74) is 8.91. The number of nitrogens with one attached hydrogen (secondary N) is 2. The van der Waals surface area contributed by atoms with Gasteiger partial charge in [0, 0.05) is 12.1 Å². The number of benzene rings is 2. The van der Waals surface area contributed by atoms with Crippen LogP contribution in [0.3, 0.4) is 0 Å². The molecule has 0 spiro atoms. The molecule has 2 heterocycles. The number of hydrogen-bond acceptors (Lipinski definition) is 5. The number of carbonyl (C=O) groups is 1. The fraction of sp³-hybridized carbons (Fsp3) is 0.348. The fourth-order valence-electron chi connectivity index (χ4n) is 3.80. The van der Waals surface area contributed by atoms with E-state index in [1.54, 1.807) is 0 Å². The number of thioether (sulfide) groups is 1. The first kappa shape index (κ1) is 20.5. The van der Waals surface area contributed by atoms with Crippen LogP contribution in [0.5, 0.6) is 0 Å². The number of rotatable bonds is 5. The lowest BCUT2D eigenvalue weighted by Gasteiger charge is -2.33. The maximum Gasteiger partial charge on any atom is 0.240 e. The molecule has 2 atom stereocenters. The van der Waals surface area contributed by atoms with Crippen molar-refractivity contribution >= 4 is 23.4 Å². The second kappa shape index (κ2) is 8.52. The van der Waals surface area contributed by atoms with Crippen molar-refractivity contribution in [2.75, 3.05) is 10.7 Å². The third kappa shape index (κ3) is 4.07. The second-order valence-electron chi connectivity index (χ2n) is 7.69. The summed E-state index contributed by atoms with van der Waals surface area (Å²) in [5.74, 6) is 0.815. The molecule has 0 aliphatic carbocycles. The largest absolute Gasteiger partial charge is 0.325 e. The first-order valence-corrected chi connectivity index (χ1v) is 11.2. The fourth-order valence-corrected chi connectivity index (χ4v) is 4.90. The van der Waals surface area contributed by atoms with Gasteiger partial charge in [-0.1, -0.05) is 55.9 Å². The molecule has 1 amide bonds. The molecule has 1 aliphatic rings. The van der Waals surface area contributed by atoms with Crippen molar-refractivity contribution in [3.05, 3.63) is 70.5 Å². The Hall–Kier alpha value is -2.80. The predicted molar refractivity (Wildman–Crippen MR) is 122 cm³/mol. The molecule has 4 rings (SSSR count). The van der Waals surface area contributed by atoms with Gasteiger partial charge in [0.25, 0.3) is 0 Å². The first-order valence-electron chi connectivity index (χ1n) is 10.3. The average Bonchev–Trinajstić information content (AvgIpc) is 3.14. The summed E-state index contributed by atoms with van der Waals surface area (Å²) < 4.78 is 1.92. The summed E-state index contributed by atoms with van der Waals surface area (Å²) in [4.78, 5) is 13.4. The van der Waals surface area contributed by atoms with Crippen molar-refractivity contribution in [1.29, 1.82) is 0 Å². The Balaban J connectivity index is 1.67. The van der Waals surface area contributed by atoms with Gasteiger partial charge in [-0.15, -0.1) is 10.2 Å². The van der Waals surface area contributed by atoms with Crippen molar-refractivity contribution in [2.24, 2.45) is 0 Å². The van der Waals surface area contributed by atoms with E-state index < -0.39 is 0 Å². The maximum atomic E-state index is 13.4. The van der Waals surface area contributed by atoms with Crippen molar-refractivity contribution in [3.8, 4) is 0 Å². The van der Waals surface area contributed by atoms with Gasteiger partial charge in [-0.05, 0) is 54.7 Å². The molecule has 6 nitrogen and oxygen atoms in total. The number of amides is 1. The van der Waals surface area contributed by atoms with Crippen LogP contribution in [0.25, 0.3) is 0 Å².